The van der Waals surface area contributed by atoms with E-state index in [1.165, 1.54) is 62.7 Å². The van der Waals surface area contributed by atoms with Gasteiger partial charge in [0.2, 0.25) is 17.7 Å². The lowest BCUT2D eigenvalue weighted by Gasteiger charge is -2.26. The molecule has 1 unspecified atom stereocenters. The van der Waals surface area contributed by atoms with Gasteiger partial charge in [0.05, 0.1) is 18.7 Å². The first-order chi connectivity index (χ1) is 22.0. The highest BCUT2D eigenvalue weighted by atomic mass is 16.2. The lowest BCUT2D eigenvalue weighted by atomic mass is 10.1. The molecular weight excluding hydrogens is 568 g/mol. The third-order valence-corrected chi connectivity index (χ3v) is 8.48. The number of amides is 3. The van der Waals surface area contributed by atoms with Crippen molar-refractivity contribution < 1.29 is 14.4 Å². The Morgan fingerprint density at radius 3 is 2.20 bits per heavy atom. The lowest BCUT2D eigenvalue weighted by molar-refractivity contribution is -0.139. The van der Waals surface area contributed by atoms with Crippen molar-refractivity contribution in [1.82, 2.24) is 35.5 Å². The molecule has 1 aliphatic rings. The lowest BCUT2D eigenvalue weighted by Crippen LogP contribution is -2.52. The highest BCUT2D eigenvalue weighted by Gasteiger charge is 2.41. The molecule has 0 spiro atoms. The molecule has 3 rings (SSSR count). The van der Waals surface area contributed by atoms with Crippen LogP contribution in [0.5, 0.6) is 0 Å². The second-order valence-corrected chi connectivity index (χ2v) is 12.3. The molecule has 45 heavy (non-hydrogen) atoms. The van der Waals surface area contributed by atoms with Crippen molar-refractivity contribution in [3.8, 4) is 0 Å². The van der Waals surface area contributed by atoms with Crippen molar-refractivity contribution in [2.75, 3.05) is 13.1 Å². The molecule has 2 aromatic heterocycles. The summed E-state index contributed by atoms with van der Waals surface area (Å²) in [4.78, 5) is 54.8. The van der Waals surface area contributed by atoms with E-state index in [9.17, 15) is 14.4 Å². The number of nitrogens with zero attached hydrogens (tertiary/aromatic N) is 3. The average Bonchev–Trinajstić information content (AvgIpc) is 3.82. The van der Waals surface area contributed by atoms with Crippen LogP contribution < -0.4 is 16.4 Å². The number of imidazole rings is 2. The molecule has 3 amide bonds. The maximum atomic E-state index is 13.4. The molecule has 0 radical (unpaired) electrons. The summed E-state index contributed by atoms with van der Waals surface area (Å²) in [7, 11) is 0. The Labute approximate surface area is 269 Å². The number of allylic oxidation sites excluding steroid dienone is 2. The van der Waals surface area contributed by atoms with E-state index < -0.39 is 12.1 Å². The molecule has 3 atom stereocenters. The van der Waals surface area contributed by atoms with Gasteiger partial charge in [-0.15, -0.1) is 0 Å². The maximum absolute atomic E-state index is 13.4. The van der Waals surface area contributed by atoms with Crippen molar-refractivity contribution in [3.05, 3.63) is 48.6 Å². The van der Waals surface area contributed by atoms with Crippen LogP contribution in [-0.2, 0) is 27.2 Å². The van der Waals surface area contributed by atoms with E-state index in [4.69, 9.17) is 5.73 Å². The molecule has 0 aliphatic carbocycles. The minimum absolute atomic E-state index is 0.0351. The van der Waals surface area contributed by atoms with Gasteiger partial charge in [0.1, 0.15) is 6.04 Å². The normalized spacial score (nSPS) is 17.2. The molecule has 1 aliphatic heterocycles. The number of carbonyl (C=O) groups is 3. The van der Waals surface area contributed by atoms with Gasteiger partial charge in [0.25, 0.3) is 0 Å². The first kappa shape index (κ1) is 36.0. The Morgan fingerprint density at radius 1 is 0.933 bits per heavy atom. The summed E-state index contributed by atoms with van der Waals surface area (Å²) >= 11 is 0. The highest BCUT2D eigenvalue weighted by molar-refractivity contribution is 5.91. The summed E-state index contributed by atoms with van der Waals surface area (Å²) < 4.78 is 0. The van der Waals surface area contributed by atoms with E-state index >= 15 is 0 Å². The van der Waals surface area contributed by atoms with Gasteiger partial charge in [-0.05, 0) is 38.5 Å². The number of nitrogens with two attached hydrogens (primary N) is 1. The first-order valence-electron chi connectivity index (χ1n) is 17.2. The zero-order chi connectivity index (χ0) is 32.1. The molecule has 2 aromatic rings. The monoisotopic (exact) mass is 624 g/mol. The number of H-pyrrole nitrogens is 2. The van der Waals surface area contributed by atoms with Crippen molar-refractivity contribution in [2.24, 2.45) is 5.73 Å². The Bertz CT molecular complexity index is 1120. The maximum Gasteiger partial charge on any atom is 0.242 e. The Hall–Kier alpha value is -3.47. The van der Waals surface area contributed by atoms with E-state index in [1.54, 1.807) is 25.0 Å². The number of aromatic amines is 2. The fourth-order valence-electron chi connectivity index (χ4n) is 5.88. The van der Waals surface area contributed by atoms with Crippen LogP contribution in [0.15, 0.2) is 37.2 Å². The molecule has 3 heterocycles. The molecular formula is C34H56N8O3. The predicted molar refractivity (Wildman–Crippen MR) is 177 cm³/mol. The third kappa shape index (κ3) is 14.0. The molecule has 0 bridgehead atoms. The van der Waals surface area contributed by atoms with Crippen molar-refractivity contribution in [3.63, 3.8) is 0 Å². The van der Waals surface area contributed by atoms with Gasteiger partial charge in [0.15, 0.2) is 0 Å². The Kier molecular flexibility index (Phi) is 17.0. The molecule has 250 valence electrons. The molecule has 11 nitrogen and oxygen atoms in total. The van der Waals surface area contributed by atoms with Gasteiger partial charge in [-0.25, -0.2) is 9.97 Å². The standard InChI is InChI=1S/C34H56N8O3/c1-2-3-4-5-6-7-8-9-10-11-12-13-14-15-16-17-32(43)41-29-21-31(33(44)38-19-18-27-22-36-25-39-27)42(24-29)34(45)30(35)20-28-23-37-26-40-28/h9-10,22-23,25-26,29-31H,2-8,11-21,24,35H2,1H3,(H,36,39)(H,37,40)(H,38,44)(H,41,43)/b10-9-/t29-,30?,31-/m0/s1. The summed E-state index contributed by atoms with van der Waals surface area (Å²) in [6.07, 6.45) is 28.6. The van der Waals surface area contributed by atoms with Gasteiger partial charge in [0, 0.05) is 62.2 Å². The number of hydrogen-bond acceptors (Lipinski definition) is 6. The number of carbonyl (C=O) groups excluding carboxylic acids is 3. The SMILES string of the molecule is CCCCCCCC/C=C\CCCCCCCC(=O)N[C@H]1C[C@@H](C(=O)NCCc2cnc[nH]2)N(C(=O)C(N)Cc2cnc[nH]2)C1. The zero-order valence-corrected chi connectivity index (χ0v) is 27.3. The molecule has 6 N–H and O–H groups in total. The minimum Gasteiger partial charge on any atom is -0.354 e. The summed E-state index contributed by atoms with van der Waals surface area (Å²) in [5.74, 6) is -0.593. The number of unbranched alkanes of at least 4 members (excludes halogenated alkanes) is 11. The Morgan fingerprint density at radius 2 is 1.56 bits per heavy atom. The second-order valence-electron chi connectivity index (χ2n) is 12.3. The average molecular weight is 625 g/mol. The van der Waals surface area contributed by atoms with E-state index in [2.05, 4.69) is 49.6 Å². The Balaban J connectivity index is 1.34. The predicted octanol–water partition coefficient (Wildman–Crippen LogP) is 4.48. The topological polar surface area (TPSA) is 162 Å². The van der Waals surface area contributed by atoms with Crippen molar-refractivity contribution in [1.29, 1.82) is 0 Å². The summed E-state index contributed by atoms with van der Waals surface area (Å²) in [5.41, 5.74) is 7.92. The van der Waals surface area contributed by atoms with E-state index in [0.717, 1.165) is 37.1 Å². The van der Waals surface area contributed by atoms with Gasteiger partial charge in [-0.3, -0.25) is 14.4 Å². The van der Waals surface area contributed by atoms with Crippen LogP contribution in [0.4, 0.5) is 0 Å². The van der Waals surface area contributed by atoms with Gasteiger partial charge >= 0.3 is 0 Å². The summed E-state index contributed by atoms with van der Waals surface area (Å²) in [5, 5.41) is 6.00. The summed E-state index contributed by atoms with van der Waals surface area (Å²) in [6, 6.07) is -1.82. The number of rotatable bonds is 23. The van der Waals surface area contributed by atoms with Crippen LogP contribution in [0.2, 0.25) is 0 Å². The zero-order valence-electron chi connectivity index (χ0n) is 27.3. The molecule has 0 aromatic carbocycles. The molecule has 11 heteroatoms. The van der Waals surface area contributed by atoms with Crippen molar-refractivity contribution in [2.45, 2.75) is 134 Å². The first-order valence-corrected chi connectivity index (χ1v) is 17.2. The van der Waals surface area contributed by atoms with Crippen LogP contribution in [-0.4, -0.2) is 73.8 Å². The van der Waals surface area contributed by atoms with Crippen LogP contribution in [0, 0.1) is 0 Å². The van der Waals surface area contributed by atoms with Crippen LogP contribution in [0.3, 0.4) is 0 Å². The fourth-order valence-corrected chi connectivity index (χ4v) is 5.88. The van der Waals surface area contributed by atoms with E-state index in [-0.39, 0.29) is 36.7 Å². The van der Waals surface area contributed by atoms with Gasteiger partial charge in [-0.2, -0.15) is 0 Å². The number of likely N-dealkylation sites (tertiary alicyclic amines) is 1. The largest absolute Gasteiger partial charge is 0.354 e. The number of hydrogen-bond donors (Lipinski definition) is 5. The fraction of sp³-hybridized carbons (Fsp3) is 0.676. The third-order valence-electron chi connectivity index (χ3n) is 8.48. The molecule has 0 saturated carbocycles. The van der Waals surface area contributed by atoms with E-state index in [0.29, 0.717) is 25.8 Å². The van der Waals surface area contributed by atoms with E-state index in [1.807, 2.05) is 0 Å². The summed E-state index contributed by atoms with van der Waals surface area (Å²) in [6.45, 7) is 2.92. The van der Waals surface area contributed by atoms with Gasteiger partial charge < -0.3 is 31.2 Å². The van der Waals surface area contributed by atoms with Crippen LogP contribution in [0.1, 0.15) is 115 Å². The van der Waals surface area contributed by atoms with Gasteiger partial charge in [-0.1, -0.05) is 70.4 Å². The van der Waals surface area contributed by atoms with Crippen LogP contribution >= 0.6 is 0 Å². The smallest absolute Gasteiger partial charge is 0.242 e. The number of nitrogens with one attached hydrogen (secondary N) is 4. The quantitative estimate of drug-likeness (QED) is 0.0904. The van der Waals surface area contributed by atoms with Crippen LogP contribution in [0.25, 0.3) is 0 Å². The second kappa shape index (κ2) is 21.3. The molecule has 1 fully saturated rings. The number of aromatic nitrogens is 4. The van der Waals surface area contributed by atoms with Crippen molar-refractivity contribution >= 4 is 17.7 Å². The highest BCUT2D eigenvalue weighted by Crippen LogP contribution is 2.21. The minimum atomic E-state index is -0.823. The molecule has 1 saturated heterocycles.